The second kappa shape index (κ2) is 15.0. The fourth-order valence-electron chi connectivity index (χ4n) is 10.7. The van der Waals surface area contributed by atoms with Crippen LogP contribution in [0.1, 0.15) is 0 Å². The molecule has 5 aromatic heterocycles. The van der Waals surface area contributed by atoms with Crippen LogP contribution < -0.4 is 0 Å². The first-order valence-corrected chi connectivity index (χ1v) is 23.4. The Bertz CT molecular complexity index is 4600. The largest absolute Gasteiger partial charge is 0.456 e. The van der Waals surface area contributed by atoms with Gasteiger partial charge in [-0.25, -0.2) is 15.0 Å². The first kappa shape index (κ1) is 38.5. The molecule has 0 bridgehead atoms. The van der Waals surface area contributed by atoms with Gasteiger partial charge in [0.05, 0.1) is 16.6 Å². The third-order valence-corrected chi connectivity index (χ3v) is 13.9. The molecule has 10 aromatic carbocycles. The van der Waals surface area contributed by atoms with E-state index in [-0.39, 0.29) is 0 Å². The standard InChI is InChI=1S/C63H36N4O3/c1-3-15-37(16-4-1)61-64-62(66-63(65-61)48-24-13-22-45-44-20-8-11-26-53(44)70-60(45)48)47-23-14-28-56-59(47)50-33-39(30-32-55(50)68-56)49-34-40(36-57-58(49)46-21-9-12-27-54(46)69-57)38-29-31-43-42-19-7-10-25-51(42)67(52(43)35-38)41-17-5-2-6-18-41/h1-36H. The molecule has 0 unspecified atom stereocenters. The van der Waals surface area contributed by atoms with Crippen molar-refractivity contribution in [1.82, 2.24) is 19.5 Å². The number of fused-ring (bicyclic) bond motifs is 12. The number of para-hydroxylation sites is 5. The Labute approximate surface area is 399 Å². The molecule has 0 N–H and O–H groups in total. The zero-order valence-corrected chi connectivity index (χ0v) is 37.3. The highest BCUT2D eigenvalue weighted by molar-refractivity contribution is 6.17. The average Bonchev–Trinajstić information content (AvgIpc) is 4.19. The fraction of sp³-hybridized carbons (Fsp3) is 0. The van der Waals surface area contributed by atoms with E-state index in [1.165, 1.54) is 16.3 Å². The van der Waals surface area contributed by atoms with E-state index in [2.05, 4.69) is 138 Å². The van der Waals surface area contributed by atoms with Crippen molar-refractivity contribution in [1.29, 1.82) is 0 Å². The Morgan fingerprint density at radius 1 is 0.286 bits per heavy atom. The van der Waals surface area contributed by atoms with Gasteiger partial charge in [-0.1, -0.05) is 146 Å². The topological polar surface area (TPSA) is 83.0 Å². The lowest BCUT2D eigenvalue weighted by atomic mass is 9.93. The summed E-state index contributed by atoms with van der Waals surface area (Å²) in [6.45, 7) is 0. The zero-order valence-electron chi connectivity index (χ0n) is 37.3. The molecule has 0 fully saturated rings. The molecule has 7 heteroatoms. The lowest BCUT2D eigenvalue weighted by Gasteiger charge is -2.11. The summed E-state index contributed by atoms with van der Waals surface area (Å²) in [6, 6.07) is 75.7. The number of hydrogen-bond donors (Lipinski definition) is 0. The van der Waals surface area contributed by atoms with E-state index in [1.54, 1.807) is 0 Å². The molecular weight excluding hydrogens is 861 g/mol. The number of furan rings is 3. The number of nitrogens with zero attached hydrogens (tertiary/aromatic N) is 4. The lowest BCUT2D eigenvalue weighted by molar-refractivity contribution is 0.668. The van der Waals surface area contributed by atoms with Gasteiger partial charge in [-0.3, -0.25) is 0 Å². The van der Waals surface area contributed by atoms with E-state index in [9.17, 15) is 0 Å². The molecule has 0 aliphatic rings. The number of hydrogen-bond acceptors (Lipinski definition) is 6. The van der Waals surface area contributed by atoms with Crippen LogP contribution in [0.15, 0.2) is 232 Å². The van der Waals surface area contributed by atoms with Gasteiger partial charge in [-0.05, 0) is 95.1 Å². The number of rotatable bonds is 6. The minimum absolute atomic E-state index is 0.521. The summed E-state index contributed by atoms with van der Waals surface area (Å²) in [5, 5.41) is 8.45. The van der Waals surface area contributed by atoms with Gasteiger partial charge in [0, 0.05) is 59.9 Å². The highest BCUT2D eigenvalue weighted by Gasteiger charge is 2.23. The second-order valence-electron chi connectivity index (χ2n) is 17.9. The Morgan fingerprint density at radius 3 is 1.74 bits per heavy atom. The summed E-state index contributed by atoms with van der Waals surface area (Å²) in [4.78, 5) is 15.6. The molecule has 0 saturated carbocycles. The Balaban J connectivity index is 0.943. The van der Waals surface area contributed by atoms with Gasteiger partial charge in [0.25, 0.3) is 0 Å². The van der Waals surface area contributed by atoms with Gasteiger partial charge in [0.15, 0.2) is 17.5 Å². The van der Waals surface area contributed by atoms with Crippen LogP contribution in [-0.2, 0) is 0 Å². The summed E-state index contributed by atoms with van der Waals surface area (Å²) in [7, 11) is 0. The summed E-state index contributed by atoms with van der Waals surface area (Å²) in [5.74, 6) is 1.61. The normalized spacial score (nSPS) is 12.0. The third kappa shape index (κ3) is 5.85. The SMILES string of the molecule is c1ccc(-c2nc(-c3cccc4c3oc3ccccc34)nc(-c3cccc4oc5ccc(-c6cc(-c7ccc8c9ccccc9n(-c9ccccc9)c8c7)cc7oc8ccccc8c67)cc5c34)n2)cc1. The van der Waals surface area contributed by atoms with Crippen LogP contribution in [0.4, 0.5) is 0 Å². The smallest absolute Gasteiger partial charge is 0.167 e. The van der Waals surface area contributed by atoms with Gasteiger partial charge in [-0.15, -0.1) is 0 Å². The summed E-state index contributed by atoms with van der Waals surface area (Å²) >= 11 is 0. The minimum Gasteiger partial charge on any atom is -0.456 e. The predicted molar refractivity (Wildman–Crippen MR) is 283 cm³/mol. The average molecular weight is 897 g/mol. The molecule has 326 valence electrons. The summed E-state index contributed by atoms with van der Waals surface area (Å²) in [5.41, 5.74) is 14.9. The van der Waals surface area contributed by atoms with Crippen LogP contribution >= 0.6 is 0 Å². The molecule has 0 saturated heterocycles. The molecule has 0 atom stereocenters. The molecule has 5 heterocycles. The molecule has 15 aromatic rings. The van der Waals surface area contributed by atoms with Crippen molar-refractivity contribution >= 4 is 87.6 Å². The quantitative estimate of drug-likeness (QED) is 0.165. The van der Waals surface area contributed by atoms with Crippen molar-refractivity contribution in [2.24, 2.45) is 0 Å². The van der Waals surface area contributed by atoms with Crippen LogP contribution in [0.5, 0.6) is 0 Å². The van der Waals surface area contributed by atoms with Crippen molar-refractivity contribution < 1.29 is 13.3 Å². The maximum Gasteiger partial charge on any atom is 0.167 e. The monoisotopic (exact) mass is 896 g/mol. The van der Waals surface area contributed by atoms with Crippen LogP contribution in [0.25, 0.3) is 150 Å². The highest BCUT2D eigenvalue weighted by atomic mass is 16.3. The predicted octanol–water partition coefficient (Wildman–Crippen LogP) is 17.0. The summed E-state index contributed by atoms with van der Waals surface area (Å²) < 4.78 is 22.3. The van der Waals surface area contributed by atoms with E-state index in [4.69, 9.17) is 28.2 Å². The van der Waals surface area contributed by atoms with Crippen LogP contribution in [0, 0.1) is 0 Å². The van der Waals surface area contributed by atoms with Crippen LogP contribution in [0.2, 0.25) is 0 Å². The van der Waals surface area contributed by atoms with E-state index in [0.717, 1.165) is 116 Å². The maximum atomic E-state index is 6.71. The second-order valence-corrected chi connectivity index (χ2v) is 17.9. The lowest BCUT2D eigenvalue weighted by Crippen LogP contribution is -2.00. The van der Waals surface area contributed by atoms with E-state index >= 15 is 0 Å². The molecule has 70 heavy (non-hydrogen) atoms. The number of aromatic nitrogens is 4. The van der Waals surface area contributed by atoms with E-state index < -0.39 is 0 Å². The van der Waals surface area contributed by atoms with E-state index in [1.807, 2.05) is 84.9 Å². The summed E-state index contributed by atoms with van der Waals surface area (Å²) in [6.07, 6.45) is 0. The molecule has 15 rings (SSSR count). The van der Waals surface area contributed by atoms with Gasteiger partial charge in [-0.2, -0.15) is 0 Å². The minimum atomic E-state index is 0.521. The highest BCUT2D eigenvalue weighted by Crippen LogP contribution is 2.45. The Morgan fingerprint density at radius 2 is 0.886 bits per heavy atom. The van der Waals surface area contributed by atoms with Crippen molar-refractivity contribution in [2.45, 2.75) is 0 Å². The zero-order chi connectivity index (χ0) is 45.9. The van der Waals surface area contributed by atoms with Crippen molar-refractivity contribution in [3.63, 3.8) is 0 Å². The van der Waals surface area contributed by atoms with Gasteiger partial charge < -0.3 is 17.8 Å². The number of benzene rings is 10. The van der Waals surface area contributed by atoms with Gasteiger partial charge in [0.1, 0.15) is 33.5 Å². The molecule has 0 aliphatic heterocycles. The Kier molecular flexibility index (Phi) is 8.23. The molecule has 7 nitrogen and oxygen atoms in total. The maximum absolute atomic E-state index is 6.71. The van der Waals surface area contributed by atoms with Crippen LogP contribution in [0.3, 0.4) is 0 Å². The third-order valence-electron chi connectivity index (χ3n) is 13.9. The first-order chi connectivity index (χ1) is 34.7. The molecule has 0 spiro atoms. The fourth-order valence-corrected chi connectivity index (χ4v) is 10.7. The molecule has 0 radical (unpaired) electrons. The molecular formula is C63H36N4O3. The first-order valence-electron chi connectivity index (χ1n) is 23.4. The van der Waals surface area contributed by atoms with E-state index in [0.29, 0.717) is 17.5 Å². The molecule has 0 amide bonds. The van der Waals surface area contributed by atoms with Crippen molar-refractivity contribution in [2.75, 3.05) is 0 Å². The molecule has 0 aliphatic carbocycles. The van der Waals surface area contributed by atoms with Crippen molar-refractivity contribution in [3.8, 4) is 62.1 Å². The van der Waals surface area contributed by atoms with Crippen molar-refractivity contribution in [3.05, 3.63) is 218 Å². The van der Waals surface area contributed by atoms with Gasteiger partial charge >= 0.3 is 0 Å². The Hall–Kier alpha value is -9.59. The van der Waals surface area contributed by atoms with Gasteiger partial charge in [0.2, 0.25) is 0 Å². The van der Waals surface area contributed by atoms with Crippen LogP contribution in [-0.4, -0.2) is 19.5 Å².